The van der Waals surface area contributed by atoms with Crippen molar-refractivity contribution in [2.75, 3.05) is 14.2 Å². The van der Waals surface area contributed by atoms with Crippen LogP contribution in [0.1, 0.15) is 51.3 Å². The predicted molar refractivity (Wildman–Crippen MR) is 148 cm³/mol. The average Bonchev–Trinajstić information content (AvgIpc) is 3.32. The molecule has 1 aliphatic carbocycles. The normalized spacial score (nSPS) is 18.6. The highest BCUT2D eigenvalue weighted by Crippen LogP contribution is 2.41. The Kier molecular flexibility index (Phi) is 10.4. The van der Waals surface area contributed by atoms with E-state index in [9.17, 15) is 0 Å². The minimum absolute atomic E-state index is 0.548. The number of pyridine rings is 1. The third-order valence-corrected chi connectivity index (χ3v) is 7.60. The van der Waals surface area contributed by atoms with Gasteiger partial charge in [0.25, 0.3) is 0 Å². The fourth-order valence-corrected chi connectivity index (χ4v) is 5.62. The van der Waals surface area contributed by atoms with E-state index in [1.54, 1.807) is 18.4 Å². The van der Waals surface area contributed by atoms with Crippen molar-refractivity contribution in [1.29, 1.82) is 0 Å². The van der Waals surface area contributed by atoms with Gasteiger partial charge in [-0.05, 0) is 59.8 Å². The first-order valence-electron chi connectivity index (χ1n) is 12.4. The van der Waals surface area contributed by atoms with E-state index in [0.717, 1.165) is 47.2 Å². The molecule has 35 heavy (non-hydrogen) atoms. The van der Waals surface area contributed by atoms with Gasteiger partial charge in [-0.2, -0.15) is 0 Å². The molecule has 1 N–H and O–H groups in total. The van der Waals surface area contributed by atoms with Crippen LogP contribution in [0, 0.1) is 17.8 Å². The molecule has 0 spiro atoms. The summed E-state index contributed by atoms with van der Waals surface area (Å²) in [5.41, 5.74) is 5.56. The number of aliphatic hydroxyl groups excluding tert-OH is 1. The second-order valence-electron chi connectivity index (χ2n) is 9.20. The molecule has 1 saturated carbocycles. The SMILES string of the molecule is CC/C=C(\C=C/C(C)C1CC(C)C1)c1nc(-c2cncc(COC)c2)sc1-c1ccccc1.CO. The van der Waals surface area contributed by atoms with E-state index in [4.69, 9.17) is 14.8 Å². The summed E-state index contributed by atoms with van der Waals surface area (Å²) in [5.74, 6) is 2.28. The number of hydrogen-bond acceptors (Lipinski definition) is 5. The lowest BCUT2D eigenvalue weighted by molar-refractivity contribution is 0.170. The lowest BCUT2D eigenvalue weighted by Crippen LogP contribution is -2.25. The summed E-state index contributed by atoms with van der Waals surface area (Å²) < 4.78 is 5.31. The highest BCUT2D eigenvalue weighted by atomic mass is 32.1. The van der Waals surface area contributed by atoms with Crippen LogP contribution in [0.25, 0.3) is 26.6 Å². The van der Waals surface area contributed by atoms with Crippen LogP contribution in [-0.4, -0.2) is 29.3 Å². The predicted octanol–water partition coefficient (Wildman–Crippen LogP) is 7.66. The summed E-state index contributed by atoms with van der Waals surface area (Å²) in [6, 6.07) is 12.7. The number of allylic oxidation sites excluding steroid dienone is 4. The summed E-state index contributed by atoms with van der Waals surface area (Å²) >= 11 is 1.74. The largest absolute Gasteiger partial charge is 0.400 e. The molecule has 186 valence electrons. The highest BCUT2D eigenvalue weighted by molar-refractivity contribution is 7.18. The first-order chi connectivity index (χ1) is 17.1. The molecule has 4 rings (SSSR count). The quantitative estimate of drug-likeness (QED) is 0.313. The molecule has 0 radical (unpaired) electrons. The Labute approximate surface area is 214 Å². The molecule has 1 aliphatic rings. The number of nitrogens with zero attached hydrogens (tertiary/aromatic N) is 2. The molecule has 3 aromatic rings. The highest BCUT2D eigenvalue weighted by Gasteiger charge is 2.28. The molecule has 2 aromatic heterocycles. The topological polar surface area (TPSA) is 55.2 Å². The molecule has 0 saturated heterocycles. The molecule has 2 heterocycles. The van der Waals surface area contributed by atoms with Crippen LogP contribution < -0.4 is 0 Å². The van der Waals surface area contributed by atoms with Crippen molar-refractivity contribution in [1.82, 2.24) is 9.97 Å². The smallest absolute Gasteiger partial charge is 0.126 e. The molecule has 0 amide bonds. The van der Waals surface area contributed by atoms with Crippen LogP contribution in [0.3, 0.4) is 0 Å². The van der Waals surface area contributed by atoms with E-state index in [1.807, 2.05) is 12.4 Å². The zero-order valence-corrected chi connectivity index (χ0v) is 22.4. The summed E-state index contributed by atoms with van der Waals surface area (Å²) in [7, 11) is 2.71. The zero-order chi connectivity index (χ0) is 25.2. The van der Waals surface area contributed by atoms with Crippen LogP contribution in [0.4, 0.5) is 0 Å². The van der Waals surface area contributed by atoms with E-state index < -0.39 is 0 Å². The maximum absolute atomic E-state index is 7.00. The van der Waals surface area contributed by atoms with Crippen LogP contribution in [0.15, 0.2) is 67.0 Å². The van der Waals surface area contributed by atoms with Crippen LogP contribution in [0.5, 0.6) is 0 Å². The lowest BCUT2D eigenvalue weighted by atomic mass is 9.70. The van der Waals surface area contributed by atoms with Gasteiger partial charge >= 0.3 is 0 Å². The second kappa shape index (κ2) is 13.5. The van der Waals surface area contributed by atoms with Gasteiger partial charge < -0.3 is 9.84 Å². The van der Waals surface area contributed by atoms with Crippen molar-refractivity contribution in [3.8, 4) is 21.0 Å². The van der Waals surface area contributed by atoms with Gasteiger partial charge in [0.2, 0.25) is 0 Å². The van der Waals surface area contributed by atoms with Crippen molar-refractivity contribution in [2.24, 2.45) is 17.8 Å². The summed E-state index contributed by atoms with van der Waals surface area (Å²) in [5, 5.41) is 7.99. The standard InChI is InChI=1S/C29H34N2OS.CH4O/c1-5-9-23(13-12-21(3)25-14-20(2)15-25)27-28(24-10-7-6-8-11-24)33-29(31-27)26-16-22(19-32-4)17-30-18-26;1-2/h6-13,16-18,20-21,25H,5,14-15,19H2,1-4H3;2H,1H3/b13-12-,23-9+;. The van der Waals surface area contributed by atoms with Crippen LogP contribution >= 0.6 is 11.3 Å². The minimum atomic E-state index is 0.548. The third kappa shape index (κ3) is 6.97. The van der Waals surface area contributed by atoms with Gasteiger partial charge in [0.15, 0.2) is 0 Å². The van der Waals surface area contributed by atoms with Crippen molar-refractivity contribution in [3.05, 3.63) is 78.3 Å². The van der Waals surface area contributed by atoms with Gasteiger partial charge in [-0.3, -0.25) is 4.98 Å². The Bertz CT molecular complexity index is 1110. The first-order valence-corrected chi connectivity index (χ1v) is 13.2. The van der Waals surface area contributed by atoms with E-state index in [1.165, 1.54) is 28.9 Å². The van der Waals surface area contributed by atoms with Crippen molar-refractivity contribution >= 4 is 16.9 Å². The number of hydrogen-bond donors (Lipinski definition) is 1. The molecule has 4 nitrogen and oxygen atoms in total. The molecular weight excluding hydrogens is 452 g/mol. The molecule has 1 fully saturated rings. The van der Waals surface area contributed by atoms with Gasteiger partial charge in [0, 0.05) is 32.2 Å². The molecule has 5 heteroatoms. The fraction of sp³-hybridized carbons (Fsp3) is 0.400. The van der Waals surface area contributed by atoms with Gasteiger partial charge in [-0.25, -0.2) is 4.98 Å². The van der Waals surface area contributed by atoms with Crippen LogP contribution in [-0.2, 0) is 11.3 Å². The minimum Gasteiger partial charge on any atom is -0.400 e. The van der Waals surface area contributed by atoms with Gasteiger partial charge in [-0.15, -0.1) is 11.3 Å². The van der Waals surface area contributed by atoms with Crippen molar-refractivity contribution in [3.63, 3.8) is 0 Å². The average molecular weight is 491 g/mol. The van der Waals surface area contributed by atoms with E-state index >= 15 is 0 Å². The van der Waals surface area contributed by atoms with E-state index in [2.05, 4.69) is 80.4 Å². The third-order valence-electron chi connectivity index (χ3n) is 6.45. The monoisotopic (exact) mass is 490 g/mol. The van der Waals surface area contributed by atoms with Gasteiger partial charge in [0.05, 0.1) is 17.2 Å². The van der Waals surface area contributed by atoms with Crippen molar-refractivity contribution < 1.29 is 9.84 Å². The lowest BCUT2D eigenvalue weighted by Gasteiger charge is -2.36. The molecule has 1 unspecified atom stereocenters. The summed E-state index contributed by atoms with van der Waals surface area (Å²) in [4.78, 5) is 10.8. The molecule has 0 aliphatic heterocycles. The van der Waals surface area contributed by atoms with Crippen molar-refractivity contribution in [2.45, 2.75) is 46.6 Å². The van der Waals surface area contributed by atoms with Crippen LogP contribution in [0.2, 0.25) is 0 Å². The maximum Gasteiger partial charge on any atom is 0.126 e. The first kappa shape index (κ1) is 27.0. The number of aromatic nitrogens is 2. The number of methoxy groups -OCH3 is 1. The Morgan fingerprint density at radius 2 is 1.91 bits per heavy atom. The number of rotatable bonds is 9. The Balaban J connectivity index is 0.00000167. The molecule has 0 bridgehead atoms. The number of thiazole rings is 1. The number of aliphatic hydroxyl groups is 1. The van der Waals surface area contributed by atoms with E-state index in [0.29, 0.717) is 12.5 Å². The Morgan fingerprint density at radius 1 is 1.17 bits per heavy atom. The van der Waals surface area contributed by atoms with Gasteiger partial charge in [0.1, 0.15) is 5.01 Å². The zero-order valence-electron chi connectivity index (χ0n) is 21.6. The van der Waals surface area contributed by atoms with Gasteiger partial charge in [-0.1, -0.05) is 69.3 Å². The fourth-order valence-electron chi connectivity index (χ4n) is 4.54. The number of ether oxygens (including phenoxy) is 1. The molecular formula is C30H38N2O2S. The maximum atomic E-state index is 7.00. The Morgan fingerprint density at radius 3 is 2.57 bits per heavy atom. The summed E-state index contributed by atoms with van der Waals surface area (Å²) in [6.45, 7) is 7.45. The molecule has 1 aromatic carbocycles. The number of benzene rings is 1. The second-order valence-corrected chi connectivity index (χ2v) is 10.2. The Hall–Kier alpha value is -2.60. The molecule has 1 atom stereocenters. The summed E-state index contributed by atoms with van der Waals surface area (Å²) in [6.07, 6.45) is 14.4. The van der Waals surface area contributed by atoms with E-state index in [-0.39, 0.29) is 0 Å².